The number of halogens is 17. The van der Waals surface area contributed by atoms with Gasteiger partial charge in [0.2, 0.25) is 5.91 Å². The number of thioether (sulfide) groups is 1. The highest BCUT2D eigenvalue weighted by Crippen LogP contribution is 2.64. The molecule has 266 valence electrons. The average molecular weight is 747 g/mol. The zero-order valence-electron chi connectivity index (χ0n) is 22.2. The number of alkyl halides is 17. The Labute approximate surface area is 251 Å². The number of unbranched alkanes of at least 4 members (excludes halogenated alkanes) is 1. The van der Waals surface area contributed by atoms with E-state index in [-0.39, 0.29) is 30.2 Å². The fourth-order valence-electron chi connectivity index (χ4n) is 3.64. The largest absolute Gasteiger partial charge is 0.460 e. The molecule has 24 heteroatoms. The van der Waals surface area contributed by atoms with Gasteiger partial charge in [0.1, 0.15) is 11.1 Å². The molecule has 1 atom stereocenters. The molecular weight excluding hydrogens is 729 g/mol. The van der Waals surface area contributed by atoms with Crippen molar-refractivity contribution < 1.29 is 92.0 Å². The predicted octanol–water partition coefficient (Wildman–Crippen LogP) is 8.13. The Bertz CT molecular complexity index is 1370. The van der Waals surface area contributed by atoms with E-state index >= 15 is 0 Å². The molecule has 0 radical (unpaired) electrons. The van der Waals surface area contributed by atoms with Crippen LogP contribution >= 0.6 is 11.8 Å². The van der Waals surface area contributed by atoms with Gasteiger partial charge in [-0.1, -0.05) is 25.5 Å². The van der Waals surface area contributed by atoms with Gasteiger partial charge in [0.15, 0.2) is 0 Å². The summed E-state index contributed by atoms with van der Waals surface area (Å²) in [4.78, 5) is 13.6. The standard InChI is InChI=1S/C22H18F17NO4S2/c1-2-3-9-40-13(41)8-10-45-14(40)11-4-6-12(7-5-11)44-46(42,43)22(38,39)20(33,34)18(29,30)16(25,26)15(23,24)17(27,28)19(31,32)21(35,36)37/h4-7,14H,2-3,8-10H2,1H3. The van der Waals surface area contributed by atoms with Gasteiger partial charge in [0.05, 0.1) is 0 Å². The summed E-state index contributed by atoms with van der Waals surface area (Å²) in [5, 5.41) is -8.55. The third kappa shape index (κ3) is 6.03. The lowest BCUT2D eigenvalue weighted by Gasteiger charge is -2.42. The normalized spacial score (nSPS) is 18.6. The van der Waals surface area contributed by atoms with Crippen molar-refractivity contribution in [2.24, 2.45) is 0 Å². The van der Waals surface area contributed by atoms with Crippen molar-refractivity contribution in [1.82, 2.24) is 4.90 Å². The SMILES string of the molecule is CCCCN1C(=O)CCSC1c1ccc(OS(=O)(=O)C(F)(F)C(F)(F)C(F)(F)C(F)(F)C(F)(F)C(F)(F)C(F)(F)C(F)(F)F)cc1. The lowest BCUT2D eigenvalue weighted by molar-refractivity contribution is -0.458. The van der Waals surface area contributed by atoms with Crippen LogP contribution in [0, 0.1) is 0 Å². The van der Waals surface area contributed by atoms with Crippen molar-refractivity contribution in [3.05, 3.63) is 29.8 Å². The van der Waals surface area contributed by atoms with Crippen LogP contribution in [-0.2, 0) is 14.9 Å². The zero-order valence-corrected chi connectivity index (χ0v) is 23.9. The van der Waals surface area contributed by atoms with Gasteiger partial charge in [0, 0.05) is 18.7 Å². The maximum absolute atomic E-state index is 14.3. The maximum atomic E-state index is 14.3. The van der Waals surface area contributed by atoms with Crippen LogP contribution in [0.25, 0.3) is 0 Å². The Balaban J connectivity index is 2.47. The predicted molar refractivity (Wildman–Crippen MR) is 123 cm³/mol. The van der Waals surface area contributed by atoms with E-state index in [1.807, 2.05) is 0 Å². The summed E-state index contributed by atoms with van der Waals surface area (Å²) in [7, 11) is -7.74. The summed E-state index contributed by atoms with van der Waals surface area (Å²) >= 11 is 1.17. The third-order valence-electron chi connectivity index (χ3n) is 6.33. The molecule has 5 nitrogen and oxygen atoms in total. The van der Waals surface area contributed by atoms with Gasteiger partial charge in [-0.3, -0.25) is 4.79 Å². The number of hydrogen-bond donors (Lipinski definition) is 0. The lowest BCUT2D eigenvalue weighted by atomic mass is 9.91. The van der Waals surface area contributed by atoms with E-state index in [2.05, 4.69) is 4.18 Å². The Morgan fingerprint density at radius 3 is 1.61 bits per heavy atom. The first kappa shape index (κ1) is 39.8. The maximum Gasteiger partial charge on any atom is 0.460 e. The van der Waals surface area contributed by atoms with Crippen LogP contribution in [0.3, 0.4) is 0 Å². The Morgan fingerprint density at radius 1 is 0.739 bits per heavy atom. The molecular formula is C22H18F17NO4S2. The average Bonchev–Trinajstić information content (AvgIpc) is 2.91. The second-order valence-corrected chi connectivity index (χ2v) is 12.3. The first-order chi connectivity index (χ1) is 20.4. The molecule has 1 unspecified atom stereocenters. The molecule has 0 spiro atoms. The summed E-state index contributed by atoms with van der Waals surface area (Å²) in [5.41, 5.74) is 0.140. The number of hydrogen-bond acceptors (Lipinski definition) is 5. The fourth-order valence-corrected chi connectivity index (χ4v) is 5.82. The van der Waals surface area contributed by atoms with E-state index in [1.165, 1.54) is 16.7 Å². The smallest absolute Gasteiger partial charge is 0.378 e. The molecule has 1 amide bonds. The number of benzene rings is 1. The molecule has 0 aliphatic carbocycles. The highest BCUT2D eigenvalue weighted by atomic mass is 32.2. The van der Waals surface area contributed by atoms with Gasteiger partial charge in [-0.2, -0.15) is 83.1 Å². The highest BCUT2D eigenvalue weighted by Gasteiger charge is 2.96. The molecule has 1 aromatic carbocycles. The molecule has 46 heavy (non-hydrogen) atoms. The summed E-state index contributed by atoms with van der Waals surface area (Å²) in [6.45, 7) is 2.01. The number of nitrogens with zero attached hydrogens (tertiary/aromatic N) is 1. The number of amides is 1. The Hall–Kier alpha value is -2.40. The van der Waals surface area contributed by atoms with Gasteiger partial charge in [-0.25, -0.2) is 0 Å². The van der Waals surface area contributed by atoms with E-state index in [0.717, 1.165) is 12.1 Å². The van der Waals surface area contributed by atoms with Crippen LogP contribution < -0.4 is 4.18 Å². The molecule has 1 aliphatic heterocycles. The fraction of sp³-hybridized carbons (Fsp3) is 0.682. The number of carbonyl (C=O) groups is 1. The molecule has 1 fully saturated rings. The molecule has 1 aliphatic rings. The lowest BCUT2D eigenvalue weighted by Crippen LogP contribution is -2.75. The van der Waals surface area contributed by atoms with Crippen LogP contribution in [0.4, 0.5) is 74.6 Å². The van der Waals surface area contributed by atoms with Gasteiger partial charge in [-0.05, 0) is 24.1 Å². The van der Waals surface area contributed by atoms with E-state index in [9.17, 15) is 87.8 Å². The Morgan fingerprint density at radius 2 is 1.17 bits per heavy atom. The molecule has 2 rings (SSSR count). The van der Waals surface area contributed by atoms with Crippen molar-refractivity contribution in [3.8, 4) is 5.75 Å². The summed E-state index contributed by atoms with van der Waals surface area (Å²) < 4.78 is 256. The van der Waals surface area contributed by atoms with Crippen molar-refractivity contribution >= 4 is 27.8 Å². The van der Waals surface area contributed by atoms with Crippen LogP contribution in [0.2, 0.25) is 0 Å². The van der Waals surface area contributed by atoms with E-state index in [1.54, 1.807) is 6.92 Å². The van der Waals surface area contributed by atoms with E-state index in [0.29, 0.717) is 25.0 Å². The molecule has 0 bridgehead atoms. The minimum absolute atomic E-state index is 0.117. The first-order valence-electron chi connectivity index (χ1n) is 12.1. The van der Waals surface area contributed by atoms with Crippen molar-refractivity contribution in [3.63, 3.8) is 0 Å². The van der Waals surface area contributed by atoms with E-state index in [4.69, 9.17) is 0 Å². The van der Waals surface area contributed by atoms with Crippen LogP contribution in [0.5, 0.6) is 5.75 Å². The zero-order chi connectivity index (χ0) is 36.2. The van der Waals surface area contributed by atoms with Crippen LogP contribution in [-0.4, -0.2) is 78.5 Å². The van der Waals surface area contributed by atoms with Gasteiger partial charge < -0.3 is 9.08 Å². The van der Waals surface area contributed by atoms with Crippen molar-refractivity contribution in [2.45, 2.75) is 78.5 Å². The second-order valence-electron chi connectivity index (χ2n) is 9.48. The minimum Gasteiger partial charge on any atom is -0.378 e. The molecule has 1 aromatic rings. The topological polar surface area (TPSA) is 63.7 Å². The Kier molecular flexibility index (Phi) is 10.6. The summed E-state index contributed by atoms with van der Waals surface area (Å²) in [6.07, 6.45) is -6.64. The molecule has 0 saturated carbocycles. The summed E-state index contributed by atoms with van der Waals surface area (Å²) in [5.74, 6) is -53.6. The van der Waals surface area contributed by atoms with Crippen molar-refractivity contribution in [1.29, 1.82) is 0 Å². The number of rotatable bonds is 13. The summed E-state index contributed by atoms with van der Waals surface area (Å²) in [6, 6.07) is 2.56. The molecule has 0 N–H and O–H groups in total. The second kappa shape index (κ2) is 12.2. The molecule has 0 aromatic heterocycles. The van der Waals surface area contributed by atoms with Crippen LogP contribution in [0.15, 0.2) is 24.3 Å². The van der Waals surface area contributed by atoms with E-state index < -0.39 is 68.2 Å². The van der Waals surface area contributed by atoms with Crippen LogP contribution in [0.1, 0.15) is 37.1 Å². The monoisotopic (exact) mass is 747 g/mol. The van der Waals surface area contributed by atoms with Gasteiger partial charge in [0.25, 0.3) is 0 Å². The first-order valence-corrected chi connectivity index (χ1v) is 14.5. The third-order valence-corrected chi connectivity index (χ3v) is 8.90. The molecule has 1 heterocycles. The van der Waals surface area contributed by atoms with Gasteiger partial charge >= 0.3 is 57.1 Å². The number of carbonyl (C=O) groups excluding carboxylic acids is 1. The van der Waals surface area contributed by atoms with Gasteiger partial charge in [-0.15, -0.1) is 11.8 Å². The molecule has 1 saturated heterocycles. The van der Waals surface area contributed by atoms with Crippen molar-refractivity contribution in [2.75, 3.05) is 12.3 Å². The highest BCUT2D eigenvalue weighted by molar-refractivity contribution is 7.99. The minimum atomic E-state index is -8.93. The quantitative estimate of drug-likeness (QED) is 0.151.